The quantitative estimate of drug-likeness (QED) is 0.453. The summed E-state index contributed by atoms with van der Waals surface area (Å²) in [5.74, 6) is -0.998. The molecule has 0 aromatic heterocycles. The third-order valence-electron chi connectivity index (χ3n) is 6.84. The van der Waals surface area contributed by atoms with Gasteiger partial charge in [0.25, 0.3) is 5.91 Å². The molecule has 0 bridgehead atoms. The molecular formula is C24H23BrN2O6. The second kappa shape index (κ2) is 7.76. The molecular weight excluding hydrogens is 492 g/mol. The first-order valence-corrected chi connectivity index (χ1v) is 11.5. The lowest BCUT2D eigenvalue weighted by atomic mass is 9.77. The van der Waals surface area contributed by atoms with Crippen LogP contribution in [0.4, 0.5) is 10.5 Å². The van der Waals surface area contributed by atoms with Crippen LogP contribution in [0.3, 0.4) is 0 Å². The number of nitrogens with zero attached hydrogens (tertiary/aromatic N) is 2. The fraction of sp³-hybridized carbons (Fsp3) is 0.375. The summed E-state index contributed by atoms with van der Waals surface area (Å²) in [6.45, 7) is 3.77. The Labute approximate surface area is 199 Å². The Morgan fingerprint density at radius 1 is 1.21 bits per heavy atom. The maximum atomic E-state index is 13.9. The minimum Gasteiger partial charge on any atom is -0.497 e. The van der Waals surface area contributed by atoms with Crippen molar-refractivity contribution < 1.29 is 28.6 Å². The van der Waals surface area contributed by atoms with Crippen LogP contribution < -0.4 is 14.4 Å². The Morgan fingerprint density at radius 3 is 2.61 bits per heavy atom. The fourth-order valence-corrected chi connectivity index (χ4v) is 5.80. The van der Waals surface area contributed by atoms with Crippen LogP contribution in [0.25, 0.3) is 0 Å². The molecule has 0 radical (unpaired) electrons. The molecule has 2 aromatic rings. The summed E-state index contributed by atoms with van der Waals surface area (Å²) in [6.07, 6.45) is 0. The predicted molar refractivity (Wildman–Crippen MR) is 122 cm³/mol. The maximum Gasteiger partial charge on any atom is 0.332 e. The number of benzene rings is 2. The Hall–Kier alpha value is -3.07. The molecule has 0 spiro atoms. The summed E-state index contributed by atoms with van der Waals surface area (Å²) in [7, 11) is 1.54. The van der Waals surface area contributed by atoms with E-state index in [1.165, 1.54) is 0 Å². The highest BCUT2D eigenvalue weighted by atomic mass is 79.9. The molecule has 33 heavy (non-hydrogen) atoms. The van der Waals surface area contributed by atoms with Crippen LogP contribution >= 0.6 is 15.9 Å². The van der Waals surface area contributed by atoms with E-state index in [0.717, 1.165) is 14.9 Å². The average molecular weight is 515 g/mol. The number of rotatable bonds is 4. The monoisotopic (exact) mass is 514 g/mol. The van der Waals surface area contributed by atoms with Gasteiger partial charge < -0.3 is 19.1 Å². The van der Waals surface area contributed by atoms with Gasteiger partial charge in [0.15, 0.2) is 0 Å². The lowest BCUT2D eigenvalue weighted by Gasteiger charge is -2.34. The normalized spacial score (nSPS) is 27.6. The molecule has 5 rings (SSSR count). The van der Waals surface area contributed by atoms with Crippen LogP contribution in [-0.4, -0.2) is 48.7 Å². The second-order valence-corrected chi connectivity index (χ2v) is 9.39. The minimum absolute atomic E-state index is 0.177. The molecule has 4 atom stereocenters. The largest absolute Gasteiger partial charge is 0.497 e. The molecule has 3 amide bonds. The van der Waals surface area contributed by atoms with Crippen molar-refractivity contribution in [1.82, 2.24) is 4.90 Å². The number of anilines is 1. The van der Waals surface area contributed by atoms with Crippen molar-refractivity contribution in [2.45, 2.75) is 25.4 Å². The molecule has 3 aliphatic rings. The number of hydrogen-bond donors (Lipinski definition) is 0. The lowest BCUT2D eigenvalue weighted by Crippen LogP contribution is -2.51. The summed E-state index contributed by atoms with van der Waals surface area (Å²) >= 11 is 3.49. The van der Waals surface area contributed by atoms with Crippen molar-refractivity contribution in [1.29, 1.82) is 0 Å². The van der Waals surface area contributed by atoms with Crippen molar-refractivity contribution in [2.75, 3.05) is 25.2 Å². The van der Waals surface area contributed by atoms with Crippen molar-refractivity contribution >= 4 is 39.5 Å². The van der Waals surface area contributed by atoms with Gasteiger partial charge in [0, 0.05) is 16.0 Å². The zero-order valence-corrected chi connectivity index (χ0v) is 20.0. The number of urea groups is 1. The molecule has 3 heterocycles. The predicted octanol–water partition coefficient (Wildman–Crippen LogP) is 3.93. The first kappa shape index (κ1) is 21.8. The van der Waals surface area contributed by atoms with E-state index in [1.807, 2.05) is 18.2 Å². The summed E-state index contributed by atoms with van der Waals surface area (Å²) in [5, 5.41) is 0. The van der Waals surface area contributed by atoms with E-state index in [2.05, 4.69) is 15.9 Å². The number of imide groups is 1. The molecule has 0 aliphatic carbocycles. The number of halogens is 1. The van der Waals surface area contributed by atoms with Gasteiger partial charge in [-0.3, -0.25) is 9.59 Å². The minimum atomic E-state index is -1.41. The van der Waals surface area contributed by atoms with Crippen molar-refractivity contribution in [2.24, 2.45) is 11.8 Å². The average Bonchev–Trinajstić information content (AvgIpc) is 3.19. The molecule has 2 fully saturated rings. The lowest BCUT2D eigenvalue weighted by molar-refractivity contribution is -0.154. The topological polar surface area (TPSA) is 85.4 Å². The summed E-state index contributed by atoms with van der Waals surface area (Å²) in [6, 6.07) is 11.3. The summed E-state index contributed by atoms with van der Waals surface area (Å²) in [5.41, 5.74) is -0.232. The van der Waals surface area contributed by atoms with Gasteiger partial charge in [0.05, 0.1) is 38.0 Å². The van der Waals surface area contributed by atoms with E-state index in [0.29, 0.717) is 17.2 Å². The molecule has 2 saturated heterocycles. The summed E-state index contributed by atoms with van der Waals surface area (Å²) in [4.78, 5) is 43.6. The molecule has 2 aromatic carbocycles. The van der Waals surface area contributed by atoms with Gasteiger partial charge in [0.2, 0.25) is 0 Å². The number of hydrogen-bond acceptors (Lipinski definition) is 6. The van der Waals surface area contributed by atoms with Crippen molar-refractivity contribution in [3.63, 3.8) is 0 Å². The first-order valence-electron chi connectivity index (χ1n) is 10.7. The van der Waals surface area contributed by atoms with Crippen LogP contribution in [0.5, 0.6) is 11.5 Å². The fourth-order valence-electron chi connectivity index (χ4n) is 5.42. The molecule has 0 saturated carbocycles. The molecule has 172 valence electrons. The molecule has 0 N–H and O–H groups in total. The van der Waals surface area contributed by atoms with E-state index >= 15 is 0 Å². The Balaban J connectivity index is 1.66. The zero-order valence-electron chi connectivity index (χ0n) is 18.4. The number of fused-ring (bicyclic) bond motifs is 5. The highest BCUT2D eigenvalue weighted by Gasteiger charge is 2.72. The smallest absolute Gasteiger partial charge is 0.332 e. The van der Waals surface area contributed by atoms with E-state index in [1.54, 1.807) is 50.1 Å². The van der Waals surface area contributed by atoms with Gasteiger partial charge in [-0.2, -0.15) is 0 Å². The van der Waals surface area contributed by atoms with E-state index < -0.39 is 41.3 Å². The Morgan fingerprint density at radius 2 is 1.94 bits per heavy atom. The standard InChI is InChI=1S/C24H23BrN2O6/c1-4-32-21(28)19-17-12-33-18-10-5-13(25)11-16(18)20(17)27-23(30)26(22(29)24(19,27)2)14-6-8-15(31-3)9-7-14/h5-11,17,19-20H,4,12H2,1-3H3/t17-,19+,20+,24+/m1/s1. The van der Waals surface area contributed by atoms with Crippen LogP contribution in [0, 0.1) is 11.8 Å². The zero-order chi connectivity index (χ0) is 23.5. The van der Waals surface area contributed by atoms with Crippen LogP contribution in [0.2, 0.25) is 0 Å². The molecule has 3 aliphatic heterocycles. The highest BCUT2D eigenvalue weighted by Crippen LogP contribution is 2.58. The van der Waals surface area contributed by atoms with Gasteiger partial charge in [-0.25, -0.2) is 9.69 Å². The van der Waals surface area contributed by atoms with E-state index in [-0.39, 0.29) is 13.2 Å². The number of amides is 3. The molecule has 9 heteroatoms. The van der Waals surface area contributed by atoms with Gasteiger partial charge in [0.1, 0.15) is 17.0 Å². The van der Waals surface area contributed by atoms with Crippen LogP contribution in [0.15, 0.2) is 46.9 Å². The number of carbonyl (C=O) groups excluding carboxylic acids is 3. The third-order valence-corrected chi connectivity index (χ3v) is 7.34. The van der Waals surface area contributed by atoms with Gasteiger partial charge >= 0.3 is 12.0 Å². The van der Waals surface area contributed by atoms with Gasteiger partial charge in [-0.05, 0) is 56.3 Å². The van der Waals surface area contributed by atoms with Crippen molar-refractivity contribution in [3.05, 3.63) is 52.5 Å². The number of carbonyl (C=O) groups is 3. The number of esters is 1. The third kappa shape index (κ3) is 2.98. The molecule has 0 unspecified atom stereocenters. The summed E-state index contributed by atoms with van der Waals surface area (Å²) < 4.78 is 17.4. The first-order chi connectivity index (χ1) is 15.8. The van der Waals surface area contributed by atoms with Crippen LogP contribution in [0.1, 0.15) is 25.5 Å². The SMILES string of the molecule is CCOC(=O)[C@@H]1[C@H]2COc3ccc(Br)cc3[C@@H]2N2C(=O)N(c3ccc(OC)cc3)C(=O)[C@]12C. The highest BCUT2D eigenvalue weighted by molar-refractivity contribution is 9.10. The van der Waals surface area contributed by atoms with Crippen molar-refractivity contribution in [3.8, 4) is 11.5 Å². The van der Waals surface area contributed by atoms with E-state index in [9.17, 15) is 14.4 Å². The second-order valence-electron chi connectivity index (χ2n) is 8.47. The van der Waals surface area contributed by atoms with Gasteiger partial charge in [-0.15, -0.1) is 0 Å². The van der Waals surface area contributed by atoms with Gasteiger partial charge in [-0.1, -0.05) is 15.9 Å². The Kier molecular flexibility index (Phi) is 5.12. The number of methoxy groups -OCH3 is 1. The maximum absolute atomic E-state index is 13.9. The number of ether oxygens (including phenoxy) is 3. The molecule has 8 nitrogen and oxygen atoms in total. The Bertz CT molecular complexity index is 1150. The van der Waals surface area contributed by atoms with Crippen LogP contribution in [-0.2, 0) is 14.3 Å². The van der Waals surface area contributed by atoms with E-state index in [4.69, 9.17) is 14.2 Å².